The Morgan fingerprint density at radius 3 is 2.24 bits per heavy atom. The van der Waals surface area contributed by atoms with Gasteiger partial charge < -0.3 is 18.6 Å². The Morgan fingerprint density at radius 2 is 1.65 bits per heavy atom. The number of methoxy groups -OCH3 is 3. The number of thiazole rings is 1. The number of hydrogen-bond donors (Lipinski definition) is 0. The largest absolute Gasteiger partial charge is 0.493 e. The van der Waals surface area contributed by atoms with Crippen LogP contribution in [-0.4, -0.2) is 32.2 Å². The fraction of sp³-hybridized carbons (Fsp3) is 0.240. The highest BCUT2D eigenvalue weighted by Gasteiger charge is 2.45. The first-order valence-corrected chi connectivity index (χ1v) is 11.4. The number of aryl methyl sites for hydroxylation is 2. The lowest BCUT2D eigenvalue weighted by atomic mass is 9.97. The molecule has 1 amide bonds. The number of rotatable bonds is 5. The molecule has 2 aromatic heterocycles. The predicted octanol–water partition coefficient (Wildman–Crippen LogP) is 4.64. The molecule has 0 radical (unpaired) electrons. The van der Waals surface area contributed by atoms with Gasteiger partial charge in [-0.2, -0.15) is 0 Å². The van der Waals surface area contributed by atoms with Gasteiger partial charge in [-0.15, -0.1) is 11.3 Å². The third kappa shape index (κ3) is 3.15. The average molecular weight is 479 g/mol. The number of anilines is 1. The molecule has 0 bridgehead atoms. The maximum Gasteiger partial charge on any atom is 0.297 e. The van der Waals surface area contributed by atoms with Gasteiger partial charge in [-0.3, -0.25) is 14.5 Å². The summed E-state index contributed by atoms with van der Waals surface area (Å²) in [7, 11) is 4.54. The van der Waals surface area contributed by atoms with Crippen LogP contribution >= 0.6 is 11.3 Å². The van der Waals surface area contributed by atoms with Gasteiger partial charge in [0.1, 0.15) is 5.58 Å². The lowest BCUT2D eigenvalue weighted by molar-refractivity contribution is 0.0971. The molecule has 174 valence electrons. The van der Waals surface area contributed by atoms with E-state index in [1.54, 1.807) is 35.8 Å². The molecule has 8 nitrogen and oxygen atoms in total. The lowest BCUT2D eigenvalue weighted by Crippen LogP contribution is -2.29. The summed E-state index contributed by atoms with van der Waals surface area (Å²) in [6.07, 6.45) is 1.61. The molecule has 0 saturated heterocycles. The van der Waals surface area contributed by atoms with Crippen LogP contribution in [0.4, 0.5) is 5.13 Å². The number of carbonyl (C=O) groups excluding carboxylic acids is 1. The number of aromatic nitrogens is 1. The quantitative estimate of drug-likeness (QED) is 0.413. The molecule has 34 heavy (non-hydrogen) atoms. The standard InChI is InChI=1S/C25H22N2O6S/c1-12-8-15-16(9-13(12)2)33-23-19(21(15)28)20(27(24(23)29)25-26-6-7-34-25)14-10-17(30-3)22(32-5)18(11-14)31-4/h6-11,20H,1-5H3/t20-/m1/s1. The van der Waals surface area contributed by atoms with Gasteiger partial charge in [-0.05, 0) is 54.8 Å². The second kappa shape index (κ2) is 8.18. The van der Waals surface area contributed by atoms with Crippen LogP contribution in [0, 0.1) is 13.8 Å². The smallest absolute Gasteiger partial charge is 0.297 e. The summed E-state index contributed by atoms with van der Waals surface area (Å²) in [6.45, 7) is 3.87. The third-order valence-electron chi connectivity index (χ3n) is 6.11. The van der Waals surface area contributed by atoms with E-state index in [4.69, 9.17) is 18.6 Å². The zero-order chi connectivity index (χ0) is 24.1. The molecule has 5 rings (SSSR count). The average Bonchev–Trinajstić information content (AvgIpc) is 3.46. The van der Waals surface area contributed by atoms with E-state index in [1.807, 2.05) is 13.8 Å². The fourth-order valence-electron chi connectivity index (χ4n) is 4.33. The minimum Gasteiger partial charge on any atom is -0.493 e. The third-order valence-corrected chi connectivity index (χ3v) is 6.89. The minimum atomic E-state index is -0.787. The molecule has 0 N–H and O–H groups in total. The molecule has 0 aliphatic carbocycles. The molecule has 1 atom stereocenters. The normalized spacial score (nSPS) is 15.0. The van der Waals surface area contributed by atoms with E-state index < -0.39 is 11.9 Å². The summed E-state index contributed by atoms with van der Waals surface area (Å²) in [5, 5.41) is 2.65. The fourth-order valence-corrected chi connectivity index (χ4v) is 5.00. The van der Waals surface area contributed by atoms with Crippen LogP contribution in [0.3, 0.4) is 0 Å². The number of carbonyl (C=O) groups is 1. The first kappa shape index (κ1) is 22.0. The van der Waals surface area contributed by atoms with Crippen molar-refractivity contribution in [3.63, 3.8) is 0 Å². The summed E-state index contributed by atoms with van der Waals surface area (Å²) in [6, 6.07) is 6.28. The maximum atomic E-state index is 13.8. The molecule has 0 saturated carbocycles. The Morgan fingerprint density at radius 1 is 0.971 bits per heavy atom. The summed E-state index contributed by atoms with van der Waals surface area (Å²) >= 11 is 1.30. The minimum absolute atomic E-state index is 0.00899. The second-order valence-electron chi connectivity index (χ2n) is 7.96. The molecular weight excluding hydrogens is 456 g/mol. The van der Waals surface area contributed by atoms with Crippen molar-refractivity contribution in [2.75, 3.05) is 26.2 Å². The highest BCUT2D eigenvalue weighted by atomic mass is 32.1. The van der Waals surface area contributed by atoms with Crippen molar-refractivity contribution in [1.29, 1.82) is 0 Å². The number of nitrogens with zero attached hydrogens (tertiary/aromatic N) is 2. The zero-order valence-electron chi connectivity index (χ0n) is 19.3. The SMILES string of the molecule is COc1cc([C@@H]2c3c(oc4cc(C)c(C)cc4c3=O)C(=O)N2c2nccs2)cc(OC)c1OC. The Hall–Kier alpha value is -3.85. The van der Waals surface area contributed by atoms with E-state index in [2.05, 4.69) is 4.98 Å². The number of hydrogen-bond acceptors (Lipinski definition) is 8. The van der Waals surface area contributed by atoms with Gasteiger partial charge in [0.05, 0.1) is 38.3 Å². The first-order chi connectivity index (χ1) is 16.4. The molecule has 9 heteroatoms. The van der Waals surface area contributed by atoms with Crippen LogP contribution < -0.4 is 24.5 Å². The van der Waals surface area contributed by atoms with Gasteiger partial charge in [0.2, 0.25) is 11.5 Å². The van der Waals surface area contributed by atoms with Crippen molar-refractivity contribution in [3.05, 3.63) is 74.1 Å². The van der Waals surface area contributed by atoms with E-state index in [-0.39, 0.29) is 16.8 Å². The molecule has 2 aromatic carbocycles. The summed E-state index contributed by atoms with van der Waals surface area (Å²) in [5.74, 6) is 0.813. The van der Waals surface area contributed by atoms with Crippen LogP contribution in [0.25, 0.3) is 11.0 Å². The van der Waals surface area contributed by atoms with Crippen molar-refractivity contribution < 1.29 is 23.4 Å². The summed E-state index contributed by atoms with van der Waals surface area (Å²) in [4.78, 5) is 33.3. The van der Waals surface area contributed by atoms with Crippen molar-refractivity contribution in [1.82, 2.24) is 4.98 Å². The number of fused-ring (bicyclic) bond motifs is 2. The molecule has 0 unspecified atom stereocenters. The number of amides is 1. The van der Waals surface area contributed by atoms with E-state index in [0.717, 1.165) is 11.1 Å². The highest BCUT2D eigenvalue weighted by Crippen LogP contribution is 2.46. The van der Waals surface area contributed by atoms with Gasteiger partial charge in [0, 0.05) is 11.6 Å². The van der Waals surface area contributed by atoms with Crippen molar-refractivity contribution >= 4 is 33.3 Å². The van der Waals surface area contributed by atoms with Crippen LogP contribution in [0.5, 0.6) is 17.2 Å². The molecule has 0 fully saturated rings. The van der Waals surface area contributed by atoms with E-state index in [1.165, 1.54) is 37.6 Å². The molecule has 0 spiro atoms. The monoisotopic (exact) mass is 478 g/mol. The van der Waals surface area contributed by atoms with Crippen molar-refractivity contribution in [3.8, 4) is 17.2 Å². The highest BCUT2D eigenvalue weighted by molar-refractivity contribution is 7.13. The van der Waals surface area contributed by atoms with Gasteiger partial charge >= 0.3 is 0 Å². The van der Waals surface area contributed by atoms with Gasteiger partial charge in [0.15, 0.2) is 22.1 Å². The lowest BCUT2D eigenvalue weighted by Gasteiger charge is -2.24. The van der Waals surface area contributed by atoms with Crippen LogP contribution in [0.15, 0.2) is 45.1 Å². The van der Waals surface area contributed by atoms with Crippen LogP contribution in [0.2, 0.25) is 0 Å². The van der Waals surface area contributed by atoms with Gasteiger partial charge in [-0.1, -0.05) is 0 Å². The van der Waals surface area contributed by atoms with E-state index in [0.29, 0.717) is 38.9 Å². The molecule has 1 aliphatic rings. The van der Waals surface area contributed by atoms with Gasteiger partial charge in [-0.25, -0.2) is 4.98 Å². The Balaban J connectivity index is 1.84. The Bertz CT molecular complexity index is 1470. The predicted molar refractivity (Wildman–Crippen MR) is 129 cm³/mol. The van der Waals surface area contributed by atoms with Gasteiger partial charge in [0.25, 0.3) is 5.91 Å². The molecule has 4 aromatic rings. The summed E-state index contributed by atoms with van der Waals surface area (Å²) < 4.78 is 22.6. The van der Waals surface area contributed by atoms with Crippen LogP contribution in [-0.2, 0) is 0 Å². The molecule has 3 heterocycles. The zero-order valence-corrected chi connectivity index (χ0v) is 20.1. The number of ether oxygens (including phenoxy) is 3. The summed E-state index contributed by atoms with van der Waals surface area (Å²) in [5.41, 5.74) is 2.91. The topological polar surface area (TPSA) is 91.1 Å². The second-order valence-corrected chi connectivity index (χ2v) is 8.83. The van der Waals surface area contributed by atoms with E-state index in [9.17, 15) is 9.59 Å². The van der Waals surface area contributed by atoms with Crippen LogP contribution in [0.1, 0.15) is 38.9 Å². The van der Waals surface area contributed by atoms with E-state index >= 15 is 0 Å². The Kier molecular flexibility index (Phi) is 5.28. The van der Waals surface area contributed by atoms with Crippen molar-refractivity contribution in [2.45, 2.75) is 19.9 Å². The molecule has 1 aliphatic heterocycles. The number of benzene rings is 2. The molecular formula is C25H22N2O6S. The van der Waals surface area contributed by atoms with Crippen molar-refractivity contribution in [2.24, 2.45) is 0 Å². The Labute approximate surface area is 199 Å². The maximum absolute atomic E-state index is 13.8. The first-order valence-electron chi connectivity index (χ1n) is 10.5.